The lowest BCUT2D eigenvalue weighted by atomic mass is 10.1. The summed E-state index contributed by atoms with van der Waals surface area (Å²) < 4.78 is 64.6. The van der Waals surface area contributed by atoms with E-state index in [1.807, 2.05) is 5.32 Å². The van der Waals surface area contributed by atoms with Gasteiger partial charge in [-0.15, -0.1) is 9.35 Å². The van der Waals surface area contributed by atoms with Gasteiger partial charge in [-0.1, -0.05) is 18.7 Å². The second kappa shape index (κ2) is 9.18. The summed E-state index contributed by atoms with van der Waals surface area (Å²) in [7, 11) is -5.90. The highest BCUT2D eigenvalue weighted by atomic mass is 32.2. The Kier molecular flexibility index (Phi) is 7.07. The summed E-state index contributed by atoms with van der Waals surface area (Å²) in [5, 5.41) is -3.17. The predicted molar refractivity (Wildman–Crippen MR) is 97.0 cm³/mol. The highest BCUT2D eigenvalue weighted by Gasteiger charge is 2.52. The van der Waals surface area contributed by atoms with Gasteiger partial charge in [-0.05, 0) is 19.1 Å². The van der Waals surface area contributed by atoms with Gasteiger partial charge >= 0.3 is 27.4 Å². The Hall–Kier alpha value is -3.39. The molecule has 168 valence electrons. The van der Waals surface area contributed by atoms with Crippen molar-refractivity contribution in [3.63, 3.8) is 0 Å². The number of esters is 1. The average Bonchev–Trinajstić information content (AvgIpc) is 2.94. The zero-order chi connectivity index (χ0) is 23.4. The first-order valence-electron chi connectivity index (χ1n) is 8.40. The molecule has 0 atom stereocenters. The molecule has 1 aliphatic rings. The number of hydrogen-bond acceptors (Lipinski definition) is 9. The van der Waals surface area contributed by atoms with E-state index < -0.39 is 45.9 Å². The number of nitrogens with one attached hydrogen (secondary N) is 1. The number of hydroxylamine groups is 2. The minimum Gasteiger partial charge on any atom is -0.460 e. The van der Waals surface area contributed by atoms with E-state index in [1.165, 1.54) is 31.2 Å². The van der Waals surface area contributed by atoms with E-state index in [0.29, 0.717) is 0 Å². The van der Waals surface area contributed by atoms with Gasteiger partial charge in [0.25, 0.3) is 11.8 Å². The van der Waals surface area contributed by atoms with Crippen LogP contribution in [0.4, 0.5) is 13.6 Å². The van der Waals surface area contributed by atoms with Crippen molar-refractivity contribution in [2.75, 3.05) is 19.8 Å². The van der Waals surface area contributed by atoms with Crippen molar-refractivity contribution >= 4 is 34.0 Å². The van der Waals surface area contributed by atoms with Crippen LogP contribution in [0.1, 0.15) is 27.6 Å². The summed E-state index contributed by atoms with van der Waals surface area (Å²) in [6.07, 6.45) is -1.44. The Balaban J connectivity index is 1.90. The monoisotopic (exact) mass is 462 g/mol. The first-order valence-corrected chi connectivity index (χ1v) is 9.81. The Morgan fingerprint density at radius 1 is 1.13 bits per heavy atom. The average molecular weight is 462 g/mol. The molecule has 1 aromatic rings. The number of halogens is 2. The Labute approximate surface area is 174 Å². The van der Waals surface area contributed by atoms with E-state index >= 15 is 0 Å². The second-order valence-corrected chi connectivity index (χ2v) is 7.69. The van der Waals surface area contributed by atoms with Crippen molar-refractivity contribution in [2.45, 2.75) is 12.2 Å². The summed E-state index contributed by atoms with van der Waals surface area (Å²) in [6.45, 7) is 2.09. The van der Waals surface area contributed by atoms with Crippen LogP contribution in [-0.2, 0) is 28.7 Å². The van der Waals surface area contributed by atoms with Crippen LogP contribution in [0.3, 0.4) is 0 Å². The van der Waals surface area contributed by atoms with Crippen molar-refractivity contribution < 1.29 is 50.1 Å². The van der Waals surface area contributed by atoms with Crippen molar-refractivity contribution in [3.8, 4) is 0 Å². The molecule has 0 saturated heterocycles. The topological polar surface area (TPSA) is 145 Å². The van der Waals surface area contributed by atoms with Crippen molar-refractivity contribution in [1.29, 1.82) is 0 Å². The van der Waals surface area contributed by atoms with Gasteiger partial charge in [0.2, 0.25) is 0 Å². The maximum Gasteiger partial charge on any atom is 0.407 e. The van der Waals surface area contributed by atoms with E-state index in [9.17, 15) is 36.4 Å². The summed E-state index contributed by atoms with van der Waals surface area (Å²) in [4.78, 5) is 46.6. The number of hydrogen-bond donors (Lipinski definition) is 1. The summed E-state index contributed by atoms with van der Waals surface area (Å²) in [5.74, 6) is -3.23. The number of nitrogens with zero attached hydrogens (tertiary/aromatic N) is 1. The van der Waals surface area contributed by atoms with Gasteiger partial charge in [0.1, 0.15) is 6.61 Å². The van der Waals surface area contributed by atoms with Gasteiger partial charge in [0.15, 0.2) is 6.61 Å². The van der Waals surface area contributed by atoms with Crippen molar-refractivity contribution in [3.05, 3.63) is 47.5 Å². The van der Waals surface area contributed by atoms with Crippen LogP contribution in [0.25, 0.3) is 0 Å². The van der Waals surface area contributed by atoms with Crippen LogP contribution in [0.15, 0.2) is 36.4 Å². The van der Waals surface area contributed by atoms with Crippen LogP contribution in [0.2, 0.25) is 0 Å². The highest BCUT2D eigenvalue weighted by molar-refractivity contribution is 7.87. The zero-order valence-corrected chi connectivity index (χ0v) is 16.7. The first-order chi connectivity index (χ1) is 14.4. The number of amides is 3. The number of benzene rings is 1. The van der Waals surface area contributed by atoms with Crippen LogP contribution in [-0.4, -0.2) is 62.4 Å². The molecule has 0 fully saturated rings. The van der Waals surface area contributed by atoms with Gasteiger partial charge < -0.3 is 14.8 Å². The number of carbonyl (C=O) groups excluding carboxylic acids is 4. The normalized spacial score (nSPS) is 13.6. The first kappa shape index (κ1) is 23.9. The Morgan fingerprint density at radius 3 is 2.19 bits per heavy atom. The molecule has 2 rings (SSSR count). The molecule has 0 spiro atoms. The molecular formula is C17H16F2N2O9S. The van der Waals surface area contributed by atoms with Gasteiger partial charge in [0, 0.05) is 5.57 Å². The third-order valence-electron chi connectivity index (χ3n) is 3.62. The molecule has 1 aromatic carbocycles. The van der Waals surface area contributed by atoms with Gasteiger partial charge in [-0.2, -0.15) is 17.2 Å². The van der Waals surface area contributed by atoms with Gasteiger partial charge in [0.05, 0.1) is 17.7 Å². The molecule has 0 radical (unpaired) electrons. The molecule has 14 heteroatoms. The van der Waals surface area contributed by atoms with E-state index in [1.54, 1.807) is 0 Å². The van der Waals surface area contributed by atoms with E-state index in [-0.39, 0.29) is 34.9 Å². The quantitative estimate of drug-likeness (QED) is 0.246. The SMILES string of the molecule is C=C(C)C(=O)OCCNC(=O)OCC(F)(F)S(=O)(=O)ON1C(=O)c2ccccc2C1=O. The minimum atomic E-state index is -5.90. The summed E-state index contributed by atoms with van der Waals surface area (Å²) >= 11 is 0. The fourth-order valence-corrected chi connectivity index (χ4v) is 2.72. The molecule has 1 heterocycles. The maximum atomic E-state index is 14.0. The second-order valence-electron chi connectivity index (χ2n) is 6.04. The number of ether oxygens (including phenoxy) is 2. The zero-order valence-electron chi connectivity index (χ0n) is 15.9. The third kappa shape index (κ3) is 5.40. The minimum absolute atomic E-state index is 0.102. The van der Waals surface area contributed by atoms with Gasteiger partial charge in [-0.25, -0.2) is 9.59 Å². The Bertz CT molecular complexity index is 1000. The summed E-state index contributed by atoms with van der Waals surface area (Å²) in [5.41, 5.74) is -0.353. The number of carbonyl (C=O) groups is 4. The fraction of sp³-hybridized carbons (Fsp3) is 0.294. The smallest absolute Gasteiger partial charge is 0.407 e. The standard InChI is InChI=1S/C17H16F2N2O9S/c1-10(2)15(24)28-8-7-20-16(25)29-9-17(18,19)31(26,27)30-21-13(22)11-5-3-4-6-12(11)14(21)23/h3-6H,1,7-9H2,2H3,(H,20,25). The number of alkyl halides is 2. The van der Waals surface area contributed by atoms with E-state index in [0.717, 1.165) is 0 Å². The highest BCUT2D eigenvalue weighted by Crippen LogP contribution is 2.29. The molecule has 0 saturated carbocycles. The van der Waals surface area contributed by atoms with Crippen LogP contribution < -0.4 is 5.32 Å². The molecular weight excluding hydrogens is 446 g/mol. The fourth-order valence-electron chi connectivity index (χ4n) is 2.08. The van der Waals surface area contributed by atoms with E-state index in [2.05, 4.69) is 20.3 Å². The predicted octanol–water partition coefficient (Wildman–Crippen LogP) is 0.982. The largest absolute Gasteiger partial charge is 0.460 e. The van der Waals surface area contributed by atoms with E-state index in [4.69, 9.17) is 0 Å². The van der Waals surface area contributed by atoms with Crippen LogP contribution in [0, 0.1) is 0 Å². The van der Waals surface area contributed by atoms with Crippen molar-refractivity contribution in [1.82, 2.24) is 10.4 Å². The number of imide groups is 1. The molecule has 0 aliphatic carbocycles. The molecule has 31 heavy (non-hydrogen) atoms. The summed E-state index contributed by atoms with van der Waals surface area (Å²) in [6, 6.07) is 5.13. The lowest BCUT2D eigenvalue weighted by molar-refractivity contribution is -0.138. The lowest BCUT2D eigenvalue weighted by Gasteiger charge is -2.19. The molecule has 0 unspecified atom stereocenters. The molecule has 3 amide bonds. The number of alkyl carbamates (subject to hydrolysis) is 1. The molecule has 11 nitrogen and oxygen atoms in total. The molecule has 1 aliphatic heterocycles. The van der Waals surface area contributed by atoms with Crippen molar-refractivity contribution in [2.24, 2.45) is 0 Å². The molecule has 1 N–H and O–H groups in total. The van der Waals surface area contributed by atoms with Gasteiger partial charge in [-0.3, -0.25) is 9.59 Å². The van der Waals surface area contributed by atoms with Crippen LogP contribution in [0.5, 0.6) is 0 Å². The maximum absolute atomic E-state index is 14.0. The number of fused-ring (bicyclic) bond motifs is 1. The molecule has 0 aromatic heterocycles. The lowest BCUT2D eigenvalue weighted by Crippen LogP contribution is -2.43. The van der Waals surface area contributed by atoms with Crippen LogP contribution >= 0.6 is 0 Å². The molecule has 0 bridgehead atoms. The number of rotatable bonds is 9. The Morgan fingerprint density at radius 2 is 1.68 bits per heavy atom. The third-order valence-corrected chi connectivity index (χ3v) is 4.81.